The summed E-state index contributed by atoms with van der Waals surface area (Å²) in [5.41, 5.74) is -0.131. The van der Waals surface area contributed by atoms with E-state index in [-0.39, 0.29) is 0 Å². The number of hydrogen-bond acceptors (Lipinski definition) is 3. The predicted molar refractivity (Wildman–Crippen MR) is 86.8 cm³/mol. The molecule has 0 saturated heterocycles. The summed E-state index contributed by atoms with van der Waals surface area (Å²) in [6.45, 7) is 9.77. The van der Waals surface area contributed by atoms with Crippen LogP contribution in [0.4, 0.5) is 0 Å². The van der Waals surface area contributed by atoms with E-state index in [0.717, 1.165) is 18.2 Å². The molecule has 0 aromatic carbocycles. The number of nitrogens with one attached hydrogen (secondary N) is 1. The van der Waals surface area contributed by atoms with Gasteiger partial charge in [-0.3, -0.25) is 0 Å². The van der Waals surface area contributed by atoms with Crippen LogP contribution in [0.2, 0.25) is 0 Å². The Bertz CT molecular complexity index is 260. The Morgan fingerprint density at radius 3 is 2.37 bits per heavy atom. The lowest BCUT2D eigenvalue weighted by Crippen LogP contribution is -2.44. The zero-order valence-electron chi connectivity index (χ0n) is 13.5. The molecule has 1 saturated carbocycles. The van der Waals surface area contributed by atoms with Gasteiger partial charge in [0.25, 0.3) is 0 Å². The Balaban J connectivity index is 2.37. The van der Waals surface area contributed by atoms with Crippen LogP contribution in [0.5, 0.6) is 0 Å². The smallest absolute Gasteiger partial charge is 0.0833 e. The van der Waals surface area contributed by atoms with Gasteiger partial charge in [-0.2, -0.15) is 11.8 Å². The molecule has 2 nitrogen and oxygen atoms in total. The monoisotopic (exact) mass is 287 g/mol. The molecule has 0 radical (unpaired) electrons. The minimum absolute atomic E-state index is 0.444. The SMILES string of the molecule is CSCC(C)(O)CNC1CCCC(C(C)(C)C)CC1. The summed E-state index contributed by atoms with van der Waals surface area (Å²) in [7, 11) is 0. The first-order valence-corrected chi connectivity index (χ1v) is 9.09. The predicted octanol–water partition coefficient (Wildman–Crippen LogP) is 3.69. The van der Waals surface area contributed by atoms with Crippen LogP contribution in [-0.4, -0.2) is 35.3 Å². The van der Waals surface area contributed by atoms with Gasteiger partial charge in [-0.1, -0.05) is 27.2 Å². The Labute approximate surface area is 124 Å². The lowest BCUT2D eigenvalue weighted by molar-refractivity contribution is 0.0805. The molecule has 0 aliphatic heterocycles. The first kappa shape index (κ1) is 17.3. The molecule has 3 unspecified atom stereocenters. The molecule has 1 fully saturated rings. The van der Waals surface area contributed by atoms with E-state index < -0.39 is 5.60 Å². The number of hydrogen-bond donors (Lipinski definition) is 2. The van der Waals surface area contributed by atoms with Gasteiger partial charge in [-0.05, 0) is 50.2 Å². The zero-order valence-corrected chi connectivity index (χ0v) is 14.3. The highest BCUT2D eigenvalue weighted by atomic mass is 32.2. The standard InChI is InChI=1S/C16H33NOS/c1-15(2,3)13-7-6-8-14(10-9-13)17-11-16(4,18)12-19-5/h13-14,17-18H,6-12H2,1-5H3. The van der Waals surface area contributed by atoms with Crippen molar-refractivity contribution in [2.45, 2.75) is 71.4 Å². The van der Waals surface area contributed by atoms with Gasteiger partial charge in [0.05, 0.1) is 5.60 Å². The van der Waals surface area contributed by atoms with E-state index in [1.165, 1.54) is 32.1 Å². The quantitative estimate of drug-likeness (QED) is 0.757. The molecule has 0 bridgehead atoms. The minimum Gasteiger partial charge on any atom is -0.388 e. The largest absolute Gasteiger partial charge is 0.388 e. The van der Waals surface area contributed by atoms with E-state index in [2.05, 4.69) is 26.1 Å². The third-order valence-corrected chi connectivity index (χ3v) is 5.33. The molecule has 0 aromatic heterocycles. The van der Waals surface area contributed by atoms with E-state index >= 15 is 0 Å². The molecular formula is C16H33NOS. The molecule has 2 N–H and O–H groups in total. The number of aliphatic hydroxyl groups is 1. The molecule has 1 rings (SSSR count). The van der Waals surface area contributed by atoms with Crippen LogP contribution >= 0.6 is 11.8 Å². The molecule has 3 atom stereocenters. The van der Waals surface area contributed by atoms with Crippen molar-refractivity contribution in [1.82, 2.24) is 5.32 Å². The van der Waals surface area contributed by atoms with E-state index in [1.54, 1.807) is 11.8 Å². The van der Waals surface area contributed by atoms with Crippen LogP contribution in [-0.2, 0) is 0 Å². The van der Waals surface area contributed by atoms with Gasteiger partial charge in [0.15, 0.2) is 0 Å². The summed E-state index contributed by atoms with van der Waals surface area (Å²) in [4.78, 5) is 0. The Kier molecular flexibility index (Phi) is 6.68. The second kappa shape index (κ2) is 7.33. The van der Waals surface area contributed by atoms with E-state index in [0.29, 0.717) is 11.5 Å². The number of rotatable bonds is 5. The van der Waals surface area contributed by atoms with Gasteiger partial charge < -0.3 is 10.4 Å². The maximum absolute atomic E-state index is 10.2. The van der Waals surface area contributed by atoms with Crippen molar-refractivity contribution < 1.29 is 5.11 Å². The van der Waals surface area contributed by atoms with Crippen LogP contribution < -0.4 is 5.32 Å². The highest BCUT2D eigenvalue weighted by Gasteiger charge is 2.28. The average Bonchev–Trinajstić information content (AvgIpc) is 2.51. The average molecular weight is 288 g/mol. The zero-order chi connectivity index (χ0) is 14.5. The Morgan fingerprint density at radius 1 is 1.11 bits per heavy atom. The van der Waals surface area contributed by atoms with Gasteiger partial charge in [-0.25, -0.2) is 0 Å². The van der Waals surface area contributed by atoms with Crippen molar-refractivity contribution in [1.29, 1.82) is 0 Å². The fourth-order valence-electron chi connectivity index (χ4n) is 3.10. The van der Waals surface area contributed by atoms with Gasteiger partial charge >= 0.3 is 0 Å². The third-order valence-electron chi connectivity index (χ3n) is 4.42. The Hall–Kier alpha value is 0.270. The molecule has 1 aliphatic rings. The third kappa shape index (κ3) is 6.50. The van der Waals surface area contributed by atoms with Gasteiger partial charge in [0, 0.05) is 18.3 Å². The molecule has 19 heavy (non-hydrogen) atoms. The summed E-state index contributed by atoms with van der Waals surface area (Å²) in [5.74, 6) is 1.66. The van der Waals surface area contributed by atoms with E-state index in [9.17, 15) is 5.11 Å². The Morgan fingerprint density at radius 2 is 1.79 bits per heavy atom. The topological polar surface area (TPSA) is 32.3 Å². The van der Waals surface area contributed by atoms with Crippen LogP contribution in [0, 0.1) is 11.3 Å². The van der Waals surface area contributed by atoms with Gasteiger partial charge in [-0.15, -0.1) is 0 Å². The molecule has 1 aliphatic carbocycles. The van der Waals surface area contributed by atoms with Crippen molar-refractivity contribution in [3.05, 3.63) is 0 Å². The molecule has 0 amide bonds. The van der Waals surface area contributed by atoms with Crippen molar-refractivity contribution >= 4 is 11.8 Å². The fourth-order valence-corrected chi connectivity index (χ4v) is 3.82. The lowest BCUT2D eigenvalue weighted by atomic mass is 9.76. The first-order valence-electron chi connectivity index (χ1n) is 7.69. The summed E-state index contributed by atoms with van der Waals surface area (Å²) < 4.78 is 0. The van der Waals surface area contributed by atoms with Crippen molar-refractivity contribution in [3.63, 3.8) is 0 Å². The maximum atomic E-state index is 10.2. The molecule has 0 aromatic rings. The summed E-state index contributed by atoms with van der Waals surface area (Å²) >= 11 is 1.71. The highest BCUT2D eigenvalue weighted by molar-refractivity contribution is 7.98. The fraction of sp³-hybridized carbons (Fsp3) is 1.00. The van der Waals surface area contributed by atoms with Crippen molar-refractivity contribution in [3.8, 4) is 0 Å². The normalized spacial score (nSPS) is 28.7. The molecule has 114 valence electrons. The molecule has 0 heterocycles. The van der Waals surface area contributed by atoms with Crippen LogP contribution in [0.1, 0.15) is 59.8 Å². The minimum atomic E-state index is -0.574. The van der Waals surface area contributed by atoms with E-state index in [1.807, 2.05) is 13.2 Å². The molecule has 3 heteroatoms. The van der Waals surface area contributed by atoms with Crippen molar-refractivity contribution in [2.24, 2.45) is 11.3 Å². The van der Waals surface area contributed by atoms with E-state index in [4.69, 9.17) is 0 Å². The van der Waals surface area contributed by atoms with Crippen LogP contribution in [0.15, 0.2) is 0 Å². The second-order valence-corrected chi connectivity index (χ2v) is 8.45. The van der Waals surface area contributed by atoms with Crippen LogP contribution in [0.3, 0.4) is 0 Å². The maximum Gasteiger partial charge on any atom is 0.0833 e. The molecule has 0 spiro atoms. The highest BCUT2D eigenvalue weighted by Crippen LogP contribution is 2.36. The van der Waals surface area contributed by atoms with Crippen LogP contribution in [0.25, 0.3) is 0 Å². The van der Waals surface area contributed by atoms with Gasteiger partial charge in [0.2, 0.25) is 0 Å². The van der Waals surface area contributed by atoms with Gasteiger partial charge in [0.1, 0.15) is 0 Å². The molecular weight excluding hydrogens is 254 g/mol. The van der Waals surface area contributed by atoms with Crippen molar-refractivity contribution in [2.75, 3.05) is 18.6 Å². The summed E-state index contributed by atoms with van der Waals surface area (Å²) in [6.07, 6.45) is 8.59. The number of thioether (sulfide) groups is 1. The summed E-state index contributed by atoms with van der Waals surface area (Å²) in [6, 6.07) is 0.598. The summed E-state index contributed by atoms with van der Waals surface area (Å²) in [5, 5.41) is 13.8. The first-order chi connectivity index (χ1) is 8.74. The lowest BCUT2D eigenvalue weighted by Gasteiger charge is -2.30. The second-order valence-electron chi connectivity index (χ2n) is 7.58.